The van der Waals surface area contributed by atoms with Gasteiger partial charge in [0.2, 0.25) is 5.91 Å². The number of likely N-dealkylation sites (N-methyl/N-ethyl adjacent to an activating group) is 1. The van der Waals surface area contributed by atoms with E-state index in [2.05, 4.69) is 21.3 Å². The number of amides is 1. The molecule has 2 aromatic rings. The van der Waals surface area contributed by atoms with Gasteiger partial charge in [0.15, 0.2) is 0 Å². The predicted molar refractivity (Wildman–Crippen MR) is 113 cm³/mol. The van der Waals surface area contributed by atoms with Crippen LogP contribution in [0.25, 0.3) is 0 Å². The van der Waals surface area contributed by atoms with Crippen molar-refractivity contribution in [1.29, 1.82) is 0 Å². The van der Waals surface area contributed by atoms with Gasteiger partial charge < -0.3 is 10.2 Å². The topological polar surface area (TPSA) is 61.4 Å². The maximum absolute atomic E-state index is 13.1. The summed E-state index contributed by atoms with van der Waals surface area (Å²) in [5, 5.41) is 3.23. The molecule has 0 aromatic carbocycles. The fraction of sp³-hybridized carbons (Fsp3) is 0.500. The van der Waals surface area contributed by atoms with Crippen molar-refractivity contribution < 1.29 is 9.18 Å². The Morgan fingerprint density at radius 1 is 1.24 bits per heavy atom. The number of nitrogens with one attached hydrogen (secondary N) is 1. The Hall–Kier alpha value is -2.54. The molecule has 29 heavy (non-hydrogen) atoms. The van der Waals surface area contributed by atoms with Crippen LogP contribution in [0, 0.1) is 12.7 Å². The van der Waals surface area contributed by atoms with Gasteiger partial charge in [0.05, 0.1) is 12.7 Å². The fourth-order valence-corrected chi connectivity index (χ4v) is 3.83. The van der Waals surface area contributed by atoms with Crippen molar-refractivity contribution in [3.8, 4) is 0 Å². The molecule has 1 N–H and O–H groups in total. The van der Waals surface area contributed by atoms with E-state index in [4.69, 9.17) is 4.98 Å². The summed E-state index contributed by atoms with van der Waals surface area (Å²) in [5.41, 5.74) is 2.90. The fourth-order valence-electron chi connectivity index (χ4n) is 3.83. The summed E-state index contributed by atoms with van der Waals surface area (Å²) in [7, 11) is 0. The molecule has 1 fully saturated rings. The van der Waals surface area contributed by atoms with E-state index >= 15 is 0 Å². The zero-order valence-electron chi connectivity index (χ0n) is 17.5. The monoisotopic (exact) mass is 399 g/mol. The molecular weight excluding hydrogens is 369 g/mol. The van der Waals surface area contributed by atoms with E-state index in [9.17, 15) is 9.18 Å². The van der Waals surface area contributed by atoms with Crippen molar-refractivity contribution in [3.05, 3.63) is 47.7 Å². The summed E-state index contributed by atoms with van der Waals surface area (Å²) in [6, 6.07) is 7.03. The van der Waals surface area contributed by atoms with E-state index in [1.165, 1.54) is 12.3 Å². The Kier molecular flexibility index (Phi) is 7.14. The highest BCUT2D eigenvalue weighted by molar-refractivity contribution is 5.78. The summed E-state index contributed by atoms with van der Waals surface area (Å²) in [6.07, 6.45) is 3.17. The lowest BCUT2D eigenvalue weighted by Gasteiger charge is -2.32. The summed E-state index contributed by atoms with van der Waals surface area (Å²) < 4.78 is 13.1. The first-order valence-corrected chi connectivity index (χ1v) is 10.4. The van der Waals surface area contributed by atoms with Crippen LogP contribution >= 0.6 is 0 Å². The first kappa shape index (κ1) is 21.2. The van der Waals surface area contributed by atoms with Gasteiger partial charge in [-0.05, 0) is 71.0 Å². The zero-order chi connectivity index (χ0) is 20.8. The third kappa shape index (κ3) is 5.73. The average molecular weight is 400 g/mol. The van der Waals surface area contributed by atoms with Crippen molar-refractivity contribution in [1.82, 2.24) is 19.8 Å². The van der Waals surface area contributed by atoms with Crippen LogP contribution < -0.4 is 5.32 Å². The first-order chi connectivity index (χ1) is 14.0. The minimum Gasteiger partial charge on any atom is -0.342 e. The van der Waals surface area contributed by atoms with E-state index in [-0.39, 0.29) is 11.7 Å². The predicted octanol–water partition coefficient (Wildman–Crippen LogP) is 3.72. The highest BCUT2D eigenvalue weighted by Gasteiger charge is 2.24. The molecule has 1 aliphatic heterocycles. The molecule has 3 rings (SSSR count). The maximum Gasteiger partial charge on any atom is 0.236 e. The zero-order valence-corrected chi connectivity index (χ0v) is 17.5. The van der Waals surface area contributed by atoms with Crippen LogP contribution in [-0.4, -0.2) is 58.4 Å². The summed E-state index contributed by atoms with van der Waals surface area (Å²) in [4.78, 5) is 25.3. The molecule has 0 spiro atoms. The second kappa shape index (κ2) is 9.78. The van der Waals surface area contributed by atoms with E-state index in [1.54, 1.807) is 6.07 Å². The third-order valence-corrected chi connectivity index (χ3v) is 5.45. The smallest absolute Gasteiger partial charge is 0.236 e. The van der Waals surface area contributed by atoms with Crippen LogP contribution in [0.1, 0.15) is 44.0 Å². The lowest BCUT2D eigenvalue weighted by molar-refractivity contribution is -0.132. The number of aryl methyl sites for hydroxylation is 1. The van der Waals surface area contributed by atoms with Gasteiger partial charge in [-0.3, -0.25) is 14.7 Å². The summed E-state index contributed by atoms with van der Waals surface area (Å²) >= 11 is 0. The maximum atomic E-state index is 13.1. The highest BCUT2D eigenvalue weighted by atomic mass is 19.1. The Labute approximate surface area is 172 Å². The highest BCUT2D eigenvalue weighted by Crippen LogP contribution is 2.29. The molecule has 7 heteroatoms. The molecule has 6 nitrogen and oxygen atoms in total. The molecule has 0 saturated carbocycles. The standard InChI is InChI=1S/C22H30FN5O/c1-4-28(5-2)22(29)15-27-10-8-17(9-11-27)20-13-19(12-16(3)25-20)26-21-7-6-18(23)14-24-21/h6-7,12-14,17H,4-5,8-11,15H2,1-3H3,(H,24,25,26). The van der Waals surface area contributed by atoms with Crippen molar-refractivity contribution in [3.63, 3.8) is 0 Å². The Morgan fingerprint density at radius 3 is 2.59 bits per heavy atom. The first-order valence-electron chi connectivity index (χ1n) is 10.4. The Morgan fingerprint density at radius 2 is 1.97 bits per heavy atom. The number of carbonyl (C=O) groups excluding carboxylic acids is 1. The summed E-state index contributed by atoms with van der Waals surface area (Å²) in [6.45, 7) is 9.83. The van der Waals surface area contributed by atoms with E-state index in [0.717, 1.165) is 56.1 Å². The van der Waals surface area contributed by atoms with Crippen LogP contribution in [0.5, 0.6) is 0 Å². The van der Waals surface area contributed by atoms with Gasteiger partial charge in [-0.25, -0.2) is 9.37 Å². The van der Waals surface area contributed by atoms with E-state index in [1.807, 2.05) is 31.7 Å². The summed E-state index contributed by atoms with van der Waals surface area (Å²) in [5.74, 6) is 0.831. The molecular formula is C22H30FN5O. The van der Waals surface area contributed by atoms with Gasteiger partial charge in [-0.15, -0.1) is 0 Å². The van der Waals surface area contributed by atoms with Crippen LogP contribution in [0.2, 0.25) is 0 Å². The van der Waals surface area contributed by atoms with Crippen LogP contribution in [0.15, 0.2) is 30.5 Å². The minimum absolute atomic E-state index is 0.209. The number of nitrogens with zero attached hydrogens (tertiary/aromatic N) is 4. The number of hydrogen-bond acceptors (Lipinski definition) is 5. The van der Waals surface area contributed by atoms with Crippen LogP contribution in [-0.2, 0) is 4.79 Å². The number of hydrogen-bond donors (Lipinski definition) is 1. The van der Waals surface area contributed by atoms with Crippen molar-refractivity contribution in [2.24, 2.45) is 0 Å². The molecule has 1 amide bonds. The number of piperidine rings is 1. The quantitative estimate of drug-likeness (QED) is 0.769. The number of aromatic nitrogens is 2. The SMILES string of the molecule is CCN(CC)C(=O)CN1CCC(c2cc(Nc3ccc(F)cn3)cc(C)n2)CC1. The lowest BCUT2D eigenvalue weighted by atomic mass is 9.92. The molecule has 1 aliphatic rings. The number of halogens is 1. The molecule has 0 aliphatic carbocycles. The molecule has 2 aromatic heterocycles. The van der Waals surface area contributed by atoms with Gasteiger partial charge >= 0.3 is 0 Å². The van der Waals surface area contributed by atoms with Crippen molar-refractivity contribution in [2.75, 3.05) is 38.0 Å². The van der Waals surface area contributed by atoms with Gasteiger partial charge in [0, 0.05) is 36.1 Å². The molecule has 0 bridgehead atoms. The molecule has 0 unspecified atom stereocenters. The average Bonchev–Trinajstić information content (AvgIpc) is 2.71. The molecule has 3 heterocycles. The number of pyridine rings is 2. The normalized spacial score (nSPS) is 15.3. The molecule has 156 valence electrons. The molecule has 0 radical (unpaired) electrons. The number of carbonyl (C=O) groups is 1. The second-order valence-corrected chi connectivity index (χ2v) is 7.53. The van der Waals surface area contributed by atoms with Crippen molar-refractivity contribution >= 4 is 17.4 Å². The second-order valence-electron chi connectivity index (χ2n) is 7.53. The van der Waals surface area contributed by atoms with Gasteiger partial charge in [-0.1, -0.05) is 0 Å². The van der Waals surface area contributed by atoms with Crippen LogP contribution in [0.3, 0.4) is 0 Å². The number of rotatable bonds is 7. The van der Waals surface area contributed by atoms with Gasteiger partial charge in [-0.2, -0.15) is 0 Å². The Balaban J connectivity index is 1.61. The van der Waals surface area contributed by atoms with E-state index < -0.39 is 0 Å². The van der Waals surface area contributed by atoms with Crippen LogP contribution in [0.4, 0.5) is 15.9 Å². The lowest BCUT2D eigenvalue weighted by Crippen LogP contribution is -2.43. The molecule has 1 saturated heterocycles. The number of likely N-dealkylation sites (tertiary alicyclic amines) is 1. The van der Waals surface area contributed by atoms with E-state index in [0.29, 0.717) is 18.3 Å². The number of anilines is 2. The van der Waals surface area contributed by atoms with Crippen molar-refractivity contribution in [2.45, 2.75) is 39.5 Å². The van der Waals surface area contributed by atoms with Gasteiger partial charge in [0.25, 0.3) is 0 Å². The third-order valence-electron chi connectivity index (χ3n) is 5.45. The van der Waals surface area contributed by atoms with Gasteiger partial charge in [0.1, 0.15) is 11.6 Å². The Bertz CT molecular complexity index is 814. The minimum atomic E-state index is -0.353. The largest absolute Gasteiger partial charge is 0.342 e. The molecule has 0 atom stereocenters.